The van der Waals surface area contributed by atoms with Crippen LogP contribution in [0, 0.1) is 0 Å². The topological polar surface area (TPSA) is 43.1 Å². The van der Waals surface area contributed by atoms with Gasteiger partial charge in [0, 0.05) is 29.4 Å². The Morgan fingerprint density at radius 3 is 2.37 bits per heavy atom. The minimum atomic E-state index is 0.917. The quantitative estimate of drug-likeness (QED) is 0.243. The first kappa shape index (κ1) is 17.8. The average Bonchev–Trinajstić information content (AvgIpc) is 3.58. The molecule has 162 valence electrons. The van der Waals surface area contributed by atoms with Crippen LogP contribution >= 0.6 is 0 Å². The Bertz CT molecular complexity index is 2070. The number of imidazole rings is 1. The summed E-state index contributed by atoms with van der Waals surface area (Å²) in [4.78, 5) is 13.9. The van der Waals surface area contributed by atoms with Crippen molar-refractivity contribution in [3.63, 3.8) is 0 Å². The smallest absolute Gasteiger partial charge is 0.146 e. The zero-order valence-electron chi connectivity index (χ0n) is 18.8. The van der Waals surface area contributed by atoms with E-state index < -0.39 is 0 Å². The summed E-state index contributed by atoms with van der Waals surface area (Å²) in [6, 6.07) is 22.4. The number of hydrogen-bond donors (Lipinski definition) is 0. The molecule has 0 radical (unpaired) electrons. The number of fused-ring (bicyclic) bond motifs is 15. The van der Waals surface area contributed by atoms with Gasteiger partial charge in [-0.1, -0.05) is 36.4 Å². The van der Waals surface area contributed by atoms with Crippen molar-refractivity contribution in [2.75, 3.05) is 0 Å². The molecule has 0 saturated heterocycles. The van der Waals surface area contributed by atoms with Crippen LogP contribution in [-0.4, -0.2) is 19.4 Å². The molecule has 35 heavy (non-hydrogen) atoms. The van der Waals surface area contributed by atoms with E-state index in [1.54, 1.807) is 0 Å². The molecular weight excluding hydrogens is 428 g/mol. The van der Waals surface area contributed by atoms with Crippen molar-refractivity contribution in [3.8, 4) is 22.3 Å². The summed E-state index contributed by atoms with van der Waals surface area (Å²) in [7, 11) is 0. The lowest BCUT2D eigenvalue weighted by molar-refractivity contribution is 1.24. The number of pyridine rings is 3. The van der Waals surface area contributed by atoms with Gasteiger partial charge in [0.1, 0.15) is 11.2 Å². The highest BCUT2D eigenvalue weighted by Crippen LogP contribution is 2.47. The van der Waals surface area contributed by atoms with E-state index in [0.29, 0.717) is 0 Å². The highest BCUT2D eigenvalue weighted by molar-refractivity contribution is 6.16. The SMILES string of the molecule is c1ccc2c(c1)Cc1cc3c(cc1-2)Cc1c-3ccc2c3cnccc3n3c4ccncc4nc3c12. The van der Waals surface area contributed by atoms with Crippen LogP contribution < -0.4 is 0 Å². The minimum Gasteiger partial charge on any atom is -0.291 e. The van der Waals surface area contributed by atoms with Gasteiger partial charge in [0.2, 0.25) is 0 Å². The Morgan fingerprint density at radius 1 is 0.629 bits per heavy atom. The molecule has 2 aliphatic carbocycles. The fourth-order valence-electron chi connectivity index (χ4n) is 6.51. The molecule has 0 fully saturated rings. The van der Waals surface area contributed by atoms with Crippen molar-refractivity contribution in [2.45, 2.75) is 12.8 Å². The van der Waals surface area contributed by atoms with Crippen LogP contribution in [0.25, 0.3) is 60.6 Å². The molecule has 4 aromatic heterocycles. The van der Waals surface area contributed by atoms with Gasteiger partial charge in [-0.2, -0.15) is 0 Å². The third-order valence-electron chi connectivity index (χ3n) is 8.00. The standard InChI is InChI=1S/C31H18N4/c1-2-4-20-17(3-1)11-18-12-24-19(13-23(18)20)14-25-21(24)5-6-22-26-15-32-9-7-28(26)35-29-8-10-33-16-27(29)34-31(35)30(22)25/h1-10,12-13,15-16H,11,14H2. The van der Waals surface area contributed by atoms with Crippen LogP contribution in [0.5, 0.6) is 0 Å². The number of aromatic nitrogens is 4. The van der Waals surface area contributed by atoms with Crippen LogP contribution in [0.3, 0.4) is 0 Å². The van der Waals surface area contributed by atoms with Gasteiger partial charge in [-0.3, -0.25) is 14.4 Å². The molecule has 2 aliphatic rings. The lowest BCUT2D eigenvalue weighted by Gasteiger charge is -2.12. The van der Waals surface area contributed by atoms with Crippen LogP contribution in [0.15, 0.2) is 85.5 Å². The van der Waals surface area contributed by atoms with Crippen molar-refractivity contribution in [1.82, 2.24) is 19.4 Å². The lowest BCUT2D eigenvalue weighted by Crippen LogP contribution is -1.95. The van der Waals surface area contributed by atoms with Gasteiger partial charge in [0.05, 0.1) is 17.2 Å². The molecule has 4 heterocycles. The van der Waals surface area contributed by atoms with Gasteiger partial charge in [0.15, 0.2) is 0 Å². The molecule has 0 N–H and O–H groups in total. The van der Waals surface area contributed by atoms with E-state index in [2.05, 4.69) is 75.0 Å². The van der Waals surface area contributed by atoms with E-state index in [0.717, 1.165) is 40.4 Å². The average molecular weight is 447 g/mol. The largest absolute Gasteiger partial charge is 0.291 e. The van der Waals surface area contributed by atoms with Crippen molar-refractivity contribution < 1.29 is 0 Å². The van der Waals surface area contributed by atoms with Crippen molar-refractivity contribution in [3.05, 3.63) is 108 Å². The second kappa shape index (κ2) is 6.10. The molecule has 7 aromatic rings. The van der Waals surface area contributed by atoms with Gasteiger partial charge in [0.25, 0.3) is 0 Å². The van der Waals surface area contributed by atoms with E-state index >= 15 is 0 Å². The summed E-state index contributed by atoms with van der Waals surface area (Å²) in [5.74, 6) is 0. The molecule has 0 bridgehead atoms. The second-order valence-electron chi connectivity index (χ2n) is 9.72. The van der Waals surface area contributed by atoms with Crippen molar-refractivity contribution in [1.29, 1.82) is 0 Å². The zero-order chi connectivity index (χ0) is 22.7. The molecule has 9 rings (SSSR count). The first-order valence-corrected chi connectivity index (χ1v) is 12.0. The number of hydrogen-bond acceptors (Lipinski definition) is 3. The Hall–Kier alpha value is -4.57. The first-order valence-electron chi connectivity index (χ1n) is 12.0. The third-order valence-corrected chi connectivity index (χ3v) is 8.00. The Labute approximate surface area is 200 Å². The first-order chi connectivity index (χ1) is 17.3. The summed E-state index contributed by atoms with van der Waals surface area (Å²) in [6.07, 6.45) is 9.49. The molecule has 4 nitrogen and oxygen atoms in total. The monoisotopic (exact) mass is 446 g/mol. The van der Waals surface area contributed by atoms with Crippen LogP contribution in [-0.2, 0) is 12.8 Å². The molecule has 0 amide bonds. The van der Waals surface area contributed by atoms with Crippen LogP contribution in [0.4, 0.5) is 0 Å². The van der Waals surface area contributed by atoms with Crippen LogP contribution in [0.1, 0.15) is 22.3 Å². The van der Waals surface area contributed by atoms with Gasteiger partial charge in [-0.05, 0) is 87.0 Å². The van der Waals surface area contributed by atoms with Crippen LogP contribution in [0.2, 0.25) is 0 Å². The van der Waals surface area contributed by atoms with E-state index in [4.69, 9.17) is 4.98 Å². The van der Waals surface area contributed by atoms with E-state index in [1.165, 1.54) is 55.3 Å². The lowest BCUT2D eigenvalue weighted by atomic mass is 9.96. The number of rotatable bonds is 0. The molecule has 0 atom stereocenters. The Kier molecular flexibility index (Phi) is 3.11. The summed E-state index contributed by atoms with van der Waals surface area (Å²) in [5, 5.41) is 3.60. The zero-order valence-corrected chi connectivity index (χ0v) is 18.8. The Balaban J connectivity index is 1.40. The second-order valence-corrected chi connectivity index (χ2v) is 9.72. The maximum atomic E-state index is 5.11. The predicted octanol–water partition coefficient (Wildman–Crippen LogP) is 6.73. The minimum absolute atomic E-state index is 0.917. The highest BCUT2D eigenvalue weighted by Gasteiger charge is 2.28. The molecular formula is C31H18N4. The van der Waals surface area contributed by atoms with Crippen molar-refractivity contribution >= 4 is 38.4 Å². The van der Waals surface area contributed by atoms with Gasteiger partial charge < -0.3 is 0 Å². The predicted molar refractivity (Wildman–Crippen MR) is 140 cm³/mol. The maximum Gasteiger partial charge on any atom is 0.146 e. The molecule has 0 spiro atoms. The molecule has 3 aromatic carbocycles. The van der Waals surface area contributed by atoms with Gasteiger partial charge in [-0.25, -0.2) is 4.98 Å². The normalized spacial score (nSPS) is 13.5. The maximum absolute atomic E-state index is 5.11. The molecule has 4 heteroatoms. The van der Waals surface area contributed by atoms with Gasteiger partial charge >= 0.3 is 0 Å². The van der Waals surface area contributed by atoms with Gasteiger partial charge in [-0.15, -0.1) is 0 Å². The number of nitrogens with zero attached hydrogens (tertiary/aromatic N) is 4. The van der Waals surface area contributed by atoms with E-state index in [1.807, 2.05) is 24.8 Å². The fourth-order valence-corrected chi connectivity index (χ4v) is 6.51. The summed E-state index contributed by atoms with van der Waals surface area (Å²) >= 11 is 0. The third kappa shape index (κ3) is 2.15. The molecule has 0 saturated carbocycles. The van der Waals surface area contributed by atoms with E-state index in [9.17, 15) is 0 Å². The van der Waals surface area contributed by atoms with E-state index in [-0.39, 0.29) is 0 Å². The highest BCUT2D eigenvalue weighted by atomic mass is 15.0. The summed E-state index contributed by atoms with van der Waals surface area (Å²) < 4.78 is 2.29. The number of benzene rings is 3. The van der Waals surface area contributed by atoms with Crippen molar-refractivity contribution in [2.24, 2.45) is 0 Å². The fraction of sp³-hybridized carbons (Fsp3) is 0.0645. The molecule has 0 unspecified atom stereocenters. The molecule has 0 aliphatic heterocycles. The summed E-state index contributed by atoms with van der Waals surface area (Å²) in [5.41, 5.74) is 15.3. The summed E-state index contributed by atoms with van der Waals surface area (Å²) in [6.45, 7) is 0. The Morgan fingerprint density at radius 2 is 1.43 bits per heavy atom.